The third-order valence-corrected chi connectivity index (χ3v) is 3.86. The van der Waals surface area contributed by atoms with Crippen molar-refractivity contribution in [3.63, 3.8) is 0 Å². The van der Waals surface area contributed by atoms with E-state index in [4.69, 9.17) is 0 Å². The van der Waals surface area contributed by atoms with Crippen molar-refractivity contribution in [1.29, 1.82) is 0 Å². The number of hydrogen-bond donors (Lipinski definition) is 4. The number of imide groups is 1. The number of urea groups is 1. The molecule has 4 rings (SSSR count). The standard InChI is InChI=1S/C15H15N7O4/c1-26-15(25)20-10-5-11(17-8-2-3-8)22-12(19-10)7(6-16-22)4-9-13(23)21-14(24)18-9/h4-6,8,17H,2-3H2,1H3,(H,19,20,25)(H2,18,21,23,24). The van der Waals surface area contributed by atoms with Gasteiger partial charge in [-0.25, -0.2) is 14.6 Å². The van der Waals surface area contributed by atoms with Crippen LogP contribution in [-0.4, -0.2) is 45.8 Å². The Bertz CT molecular complexity index is 960. The molecular weight excluding hydrogens is 342 g/mol. The Labute approximate surface area is 146 Å². The summed E-state index contributed by atoms with van der Waals surface area (Å²) in [4.78, 5) is 38.9. The summed E-state index contributed by atoms with van der Waals surface area (Å²) in [5.41, 5.74) is 1.00. The lowest BCUT2D eigenvalue weighted by Crippen LogP contribution is -2.22. The molecule has 1 aliphatic carbocycles. The molecule has 0 bridgehead atoms. The van der Waals surface area contributed by atoms with Crippen LogP contribution in [-0.2, 0) is 9.53 Å². The highest BCUT2D eigenvalue weighted by Gasteiger charge is 2.25. The summed E-state index contributed by atoms with van der Waals surface area (Å²) in [6.45, 7) is 0. The minimum atomic E-state index is -0.652. The van der Waals surface area contributed by atoms with Gasteiger partial charge < -0.3 is 15.4 Å². The van der Waals surface area contributed by atoms with Crippen LogP contribution < -0.4 is 21.3 Å². The van der Waals surface area contributed by atoms with E-state index in [0.29, 0.717) is 23.1 Å². The van der Waals surface area contributed by atoms with Gasteiger partial charge in [0.2, 0.25) is 0 Å². The maximum absolute atomic E-state index is 11.7. The number of hydrogen-bond acceptors (Lipinski definition) is 7. The monoisotopic (exact) mass is 357 g/mol. The largest absolute Gasteiger partial charge is 0.453 e. The average Bonchev–Trinajstić information content (AvgIpc) is 3.24. The lowest BCUT2D eigenvalue weighted by Gasteiger charge is -2.10. The van der Waals surface area contributed by atoms with Crippen molar-refractivity contribution in [2.75, 3.05) is 17.7 Å². The lowest BCUT2D eigenvalue weighted by molar-refractivity contribution is -0.115. The summed E-state index contributed by atoms with van der Waals surface area (Å²) >= 11 is 0. The Morgan fingerprint density at radius 3 is 2.85 bits per heavy atom. The summed E-state index contributed by atoms with van der Waals surface area (Å²) in [7, 11) is 1.26. The molecular formula is C15H15N7O4. The molecule has 0 unspecified atom stereocenters. The molecule has 0 radical (unpaired) electrons. The molecule has 0 atom stereocenters. The normalized spacial score (nSPS) is 18.0. The van der Waals surface area contributed by atoms with Gasteiger partial charge in [0.25, 0.3) is 5.91 Å². The molecule has 0 spiro atoms. The Balaban J connectivity index is 1.77. The Morgan fingerprint density at radius 2 is 2.19 bits per heavy atom. The van der Waals surface area contributed by atoms with E-state index < -0.39 is 18.0 Å². The van der Waals surface area contributed by atoms with Crippen LogP contribution in [0.2, 0.25) is 0 Å². The van der Waals surface area contributed by atoms with E-state index in [9.17, 15) is 14.4 Å². The van der Waals surface area contributed by atoms with E-state index in [0.717, 1.165) is 12.8 Å². The zero-order valence-corrected chi connectivity index (χ0v) is 13.7. The molecule has 1 saturated heterocycles. The molecule has 0 aromatic carbocycles. The van der Waals surface area contributed by atoms with Crippen molar-refractivity contribution in [3.8, 4) is 0 Å². The molecule has 11 nitrogen and oxygen atoms in total. The second-order valence-corrected chi connectivity index (χ2v) is 5.86. The maximum Gasteiger partial charge on any atom is 0.412 e. The van der Waals surface area contributed by atoms with E-state index in [2.05, 4.69) is 36.1 Å². The Morgan fingerprint density at radius 1 is 1.38 bits per heavy atom. The summed E-state index contributed by atoms with van der Waals surface area (Å²) in [5, 5.41) is 14.7. The zero-order chi connectivity index (χ0) is 18.3. The first kappa shape index (κ1) is 15.9. The Kier molecular flexibility index (Phi) is 3.68. The van der Waals surface area contributed by atoms with E-state index in [-0.39, 0.29) is 11.5 Å². The number of nitrogens with zero attached hydrogens (tertiary/aromatic N) is 3. The number of anilines is 2. The van der Waals surface area contributed by atoms with Gasteiger partial charge in [-0.2, -0.15) is 9.61 Å². The van der Waals surface area contributed by atoms with Crippen LogP contribution in [0.25, 0.3) is 11.7 Å². The molecule has 1 aliphatic heterocycles. The van der Waals surface area contributed by atoms with E-state index >= 15 is 0 Å². The van der Waals surface area contributed by atoms with Gasteiger partial charge in [-0.1, -0.05) is 0 Å². The van der Waals surface area contributed by atoms with Gasteiger partial charge in [-0.05, 0) is 18.9 Å². The van der Waals surface area contributed by atoms with Crippen molar-refractivity contribution in [3.05, 3.63) is 23.5 Å². The van der Waals surface area contributed by atoms with Crippen LogP contribution in [0.4, 0.5) is 21.2 Å². The van der Waals surface area contributed by atoms with Gasteiger partial charge in [0, 0.05) is 17.7 Å². The highest BCUT2D eigenvalue weighted by Crippen LogP contribution is 2.27. The molecule has 2 aromatic heterocycles. The van der Waals surface area contributed by atoms with Crippen LogP contribution in [0.3, 0.4) is 0 Å². The summed E-state index contributed by atoms with van der Waals surface area (Å²) < 4.78 is 6.17. The second-order valence-electron chi connectivity index (χ2n) is 5.86. The van der Waals surface area contributed by atoms with Crippen LogP contribution >= 0.6 is 0 Å². The van der Waals surface area contributed by atoms with E-state index in [1.165, 1.54) is 19.4 Å². The third kappa shape index (κ3) is 3.01. The van der Waals surface area contributed by atoms with Crippen LogP contribution in [0, 0.1) is 0 Å². The maximum atomic E-state index is 11.7. The molecule has 1 saturated carbocycles. The zero-order valence-electron chi connectivity index (χ0n) is 13.7. The van der Waals surface area contributed by atoms with Crippen LogP contribution in [0.1, 0.15) is 18.4 Å². The number of carbonyl (C=O) groups excluding carboxylic acids is 3. The topological polar surface area (TPSA) is 139 Å². The van der Waals surface area contributed by atoms with Crippen molar-refractivity contribution >= 4 is 41.4 Å². The van der Waals surface area contributed by atoms with Crippen LogP contribution in [0.5, 0.6) is 0 Å². The fraction of sp³-hybridized carbons (Fsp3) is 0.267. The number of rotatable bonds is 4. The molecule has 134 valence electrons. The van der Waals surface area contributed by atoms with Crippen molar-refractivity contribution in [2.24, 2.45) is 0 Å². The summed E-state index contributed by atoms with van der Waals surface area (Å²) in [5.74, 6) is 0.385. The van der Waals surface area contributed by atoms with Gasteiger partial charge in [0.05, 0.1) is 13.3 Å². The van der Waals surface area contributed by atoms with Gasteiger partial charge in [-0.15, -0.1) is 0 Å². The molecule has 11 heteroatoms. The highest BCUT2D eigenvalue weighted by atomic mass is 16.5. The minimum absolute atomic E-state index is 0.0923. The quantitative estimate of drug-likeness (QED) is 0.466. The summed E-state index contributed by atoms with van der Waals surface area (Å²) in [6, 6.07) is 1.41. The average molecular weight is 357 g/mol. The molecule has 4 N–H and O–H groups in total. The predicted octanol–water partition coefficient (Wildman–Crippen LogP) is 0.662. The van der Waals surface area contributed by atoms with E-state index in [1.807, 2.05) is 0 Å². The lowest BCUT2D eigenvalue weighted by atomic mass is 10.2. The van der Waals surface area contributed by atoms with Gasteiger partial charge in [0.15, 0.2) is 5.65 Å². The second kappa shape index (κ2) is 6.02. The van der Waals surface area contributed by atoms with Gasteiger partial charge in [0.1, 0.15) is 17.3 Å². The smallest absolute Gasteiger partial charge is 0.412 e. The predicted molar refractivity (Wildman–Crippen MR) is 90.3 cm³/mol. The Hall–Kier alpha value is -3.63. The SMILES string of the molecule is COC(=O)Nc1cc(NC2CC2)n2ncc(C=C3NC(=O)NC3=O)c2n1. The number of amides is 4. The molecule has 2 aromatic rings. The number of carbonyl (C=O) groups is 3. The third-order valence-electron chi connectivity index (χ3n) is 3.86. The molecule has 4 amide bonds. The summed E-state index contributed by atoms with van der Waals surface area (Å²) in [6.07, 6.45) is 4.44. The molecule has 2 aliphatic rings. The first-order valence-electron chi connectivity index (χ1n) is 7.88. The van der Waals surface area contributed by atoms with Crippen molar-refractivity contribution in [1.82, 2.24) is 25.2 Å². The van der Waals surface area contributed by atoms with Gasteiger partial charge >= 0.3 is 12.1 Å². The number of nitrogens with one attached hydrogen (secondary N) is 4. The molecule has 26 heavy (non-hydrogen) atoms. The minimum Gasteiger partial charge on any atom is -0.453 e. The van der Waals surface area contributed by atoms with Crippen LogP contribution in [0.15, 0.2) is 18.0 Å². The van der Waals surface area contributed by atoms with Crippen molar-refractivity contribution in [2.45, 2.75) is 18.9 Å². The molecule has 2 fully saturated rings. The highest BCUT2D eigenvalue weighted by molar-refractivity contribution is 6.14. The van der Waals surface area contributed by atoms with Gasteiger partial charge in [-0.3, -0.25) is 15.4 Å². The number of fused-ring (bicyclic) bond motifs is 1. The molecule has 3 heterocycles. The fourth-order valence-corrected chi connectivity index (χ4v) is 2.48. The number of ether oxygens (including phenoxy) is 1. The number of methoxy groups -OCH3 is 1. The fourth-order valence-electron chi connectivity index (χ4n) is 2.48. The van der Waals surface area contributed by atoms with Crippen molar-refractivity contribution < 1.29 is 19.1 Å². The number of aromatic nitrogens is 3. The van der Waals surface area contributed by atoms with E-state index in [1.54, 1.807) is 10.6 Å². The first-order valence-corrected chi connectivity index (χ1v) is 7.88. The first-order chi connectivity index (χ1) is 12.5.